The van der Waals surface area contributed by atoms with Crippen LogP contribution >= 0.6 is 0 Å². The highest BCUT2D eigenvalue weighted by Gasteiger charge is 2.30. The average molecular weight is 442 g/mol. The number of aromatic hydroxyl groups is 1. The van der Waals surface area contributed by atoms with Crippen LogP contribution in [0, 0.1) is 5.92 Å². The molecule has 32 heavy (non-hydrogen) atoms. The molecular weight excluding hydrogens is 410 g/mol. The summed E-state index contributed by atoms with van der Waals surface area (Å²) in [5.74, 6) is -1.03. The third kappa shape index (κ3) is 4.16. The second kappa shape index (κ2) is 8.80. The van der Waals surface area contributed by atoms with E-state index in [9.17, 15) is 19.5 Å². The molecule has 1 saturated carbocycles. The number of aromatic nitrogens is 3. The third-order valence-corrected chi connectivity index (χ3v) is 6.13. The first-order valence-corrected chi connectivity index (χ1v) is 11.4. The number of likely N-dealkylation sites (tertiary alicyclic amines) is 1. The molecule has 9 nitrogen and oxygen atoms in total. The largest absolute Gasteiger partial charge is 0.492 e. The zero-order valence-corrected chi connectivity index (χ0v) is 18.9. The summed E-state index contributed by atoms with van der Waals surface area (Å²) in [7, 11) is 0. The highest BCUT2D eigenvalue weighted by Crippen LogP contribution is 2.24. The van der Waals surface area contributed by atoms with Crippen molar-refractivity contribution < 1.29 is 14.7 Å². The van der Waals surface area contributed by atoms with Gasteiger partial charge in [-0.05, 0) is 44.1 Å². The molecule has 2 amide bonds. The van der Waals surface area contributed by atoms with Gasteiger partial charge in [-0.25, -0.2) is 0 Å². The van der Waals surface area contributed by atoms with Crippen LogP contribution < -0.4 is 10.9 Å². The predicted molar refractivity (Wildman–Crippen MR) is 121 cm³/mol. The molecule has 2 N–H and O–H groups in total. The van der Waals surface area contributed by atoms with Crippen molar-refractivity contribution in [1.82, 2.24) is 24.4 Å². The Morgan fingerprint density at radius 3 is 2.72 bits per heavy atom. The van der Waals surface area contributed by atoms with Gasteiger partial charge in [0.1, 0.15) is 5.65 Å². The van der Waals surface area contributed by atoms with E-state index in [1.165, 1.54) is 21.4 Å². The molecule has 1 aliphatic carbocycles. The van der Waals surface area contributed by atoms with Crippen LogP contribution in [0.15, 0.2) is 17.1 Å². The second-order valence-corrected chi connectivity index (χ2v) is 9.16. The van der Waals surface area contributed by atoms with Crippen LogP contribution in [0.3, 0.4) is 0 Å². The molecule has 3 heterocycles. The maximum atomic E-state index is 13.3. The fourth-order valence-corrected chi connectivity index (χ4v) is 4.36. The molecule has 0 bridgehead atoms. The molecule has 0 radical (unpaired) electrons. The Bertz CT molecular complexity index is 1130. The number of hydrogen-bond acceptors (Lipinski definition) is 5. The van der Waals surface area contributed by atoms with Crippen molar-refractivity contribution >= 4 is 23.5 Å². The molecule has 1 atom stereocenters. The number of fused-ring (bicyclic) bond motifs is 1. The Balaban J connectivity index is 1.75. The van der Waals surface area contributed by atoms with Crippen molar-refractivity contribution in [3.05, 3.63) is 33.8 Å². The minimum atomic E-state index is -0.586. The van der Waals surface area contributed by atoms with Crippen LogP contribution in [-0.2, 0) is 11.3 Å². The summed E-state index contributed by atoms with van der Waals surface area (Å²) in [4.78, 5) is 40.5. The molecular formula is C23H31N5O4. The van der Waals surface area contributed by atoms with Gasteiger partial charge in [-0.2, -0.15) is 9.61 Å². The van der Waals surface area contributed by atoms with Crippen molar-refractivity contribution in [2.24, 2.45) is 5.92 Å². The van der Waals surface area contributed by atoms with E-state index in [2.05, 4.69) is 17.3 Å². The van der Waals surface area contributed by atoms with Crippen LogP contribution in [-0.4, -0.2) is 54.6 Å². The lowest BCUT2D eigenvalue weighted by atomic mass is 10.1. The Kier molecular flexibility index (Phi) is 6.08. The van der Waals surface area contributed by atoms with Gasteiger partial charge < -0.3 is 15.3 Å². The van der Waals surface area contributed by atoms with E-state index < -0.39 is 17.3 Å². The number of nitrogens with zero attached hydrogens (tertiary/aromatic N) is 4. The maximum absolute atomic E-state index is 13.3. The van der Waals surface area contributed by atoms with Gasteiger partial charge in [-0.15, -0.1) is 0 Å². The Morgan fingerprint density at radius 2 is 2.06 bits per heavy atom. The van der Waals surface area contributed by atoms with Gasteiger partial charge in [0.2, 0.25) is 11.8 Å². The molecule has 2 fully saturated rings. The van der Waals surface area contributed by atoms with E-state index in [-0.39, 0.29) is 29.5 Å². The van der Waals surface area contributed by atoms with E-state index in [4.69, 9.17) is 0 Å². The summed E-state index contributed by atoms with van der Waals surface area (Å²) in [5.41, 5.74) is 0.0333. The van der Waals surface area contributed by atoms with Gasteiger partial charge >= 0.3 is 0 Å². The molecule has 172 valence electrons. The molecule has 9 heteroatoms. The van der Waals surface area contributed by atoms with E-state index in [0.29, 0.717) is 17.8 Å². The molecule has 2 aliphatic rings. The number of amides is 2. The van der Waals surface area contributed by atoms with Crippen molar-refractivity contribution in [3.8, 4) is 5.88 Å². The lowest BCUT2D eigenvalue weighted by Crippen LogP contribution is -2.36. The van der Waals surface area contributed by atoms with Crippen molar-refractivity contribution in [2.75, 3.05) is 6.54 Å². The fraction of sp³-hybridized carbons (Fsp3) is 0.565. The molecule has 2 aromatic heterocycles. The molecule has 0 unspecified atom stereocenters. The normalized spacial score (nSPS) is 18.9. The minimum absolute atomic E-state index is 0.0511. The predicted octanol–water partition coefficient (Wildman–Crippen LogP) is 2.16. The van der Waals surface area contributed by atoms with Crippen LogP contribution in [0.2, 0.25) is 0 Å². The average Bonchev–Trinajstić information content (AvgIpc) is 3.26. The fourth-order valence-electron chi connectivity index (χ4n) is 4.36. The van der Waals surface area contributed by atoms with Gasteiger partial charge in [-0.3, -0.25) is 19.0 Å². The highest BCUT2D eigenvalue weighted by molar-refractivity contribution is 5.97. The van der Waals surface area contributed by atoms with Crippen molar-refractivity contribution in [1.29, 1.82) is 0 Å². The van der Waals surface area contributed by atoms with Crippen LogP contribution in [0.4, 0.5) is 0 Å². The summed E-state index contributed by atoms with van der Waals surface area (Å²) in [6.45, 7) is 7.10. The van der Waals surface area contributed by atoms with Crippen molar-refractivity contribution in [3.63, 3.8) is 0 Å². The van der Waals surface area contributed by atoms with Crippen LogP contribution in [0.5, 0.6) is 5.88 Å². The lowest BCUT2D eigenvalue weighted by Gasteiger charge is -2.21. The molecule has 0 aromatic carbocycles. The topological polar surface area (TPSA) is 109 Å². The van der Waals surface area contributed by atoms with Gasteiger partial charge in [0, 0.05) is 36.8 Å². The van der Waals surface area contributed by atoms with E-state index in [1.54, 1.807) is 6.08 Å². The molecule has 1 aliphatic heterocycles. The first kappa shape index (κ1) is 22.1. The molecule has 0 spiro atoms. The van der Waals surface area contributed by atoms with Gasteiger partial charge in [0.15, 0.2) is 5.56 Å². The summed E-state index contributed by atoms with van der Waals surface area (Å²) >= 11 is 0. The van der Waals surface area contributed by atoms with Gasteiger partial charge in [0.25, 0.3) is 11.5 Å². The molecule has 4 rings (SSSR count). The van der Waals surface area contributed by atoms with E-state index in [0.717, 1.165) is 38.6 Å². The summed E-state index contributed by atoms with van der Waals surface area (Å²) in [5, 5.41) is 17.7. The van der Waals surface area contributed by atoms with E-state index >= 15 is 0 Å². The van der Waals surface area contributed by atoms with E-state index in [1.807, 2.05) is 18.7 Å². The molecule has 1 saturated heterocycles. The second-order valence-electron chi connectivity index (χ2n) is 9.16. The monoisotopic (exact) mass is 441 g/mol. The summed E-state index contributed by atoms with van der Waals surface area (Å²) in [6.07, 6.45) is 9.31. The SMILES string of the molecule is CC[C@H]1CCCN1C(=O)/C=C/c1cnn2c(O)c(C(=O)NC3CC3)c(=O)n(CC(C)C)c12. The standard InChI is InChI=1S/C23H31N5O4/c1-4-17-6-5-11-26(17)18(29)10-7-15-12-24-28-21(15)27(13-14(2)3)22(31)19(23(28)32)20(30)25-16-8-9-16/h7,10,12,14,16-17,32H,4-6,8-9,11,13H2,1-3H3,(H,25,30)/b10-7+/t17-/m0/s1. The Morgan fingerprint density at radius 1 is 1.31 bits per heavy atom. The Hall–Kier alpha value is -3.10. The number of nitrogens with one attached hydrogen (secondary N) is 1. The third-order valence-electron chi connectivity index (χ3n) is 6.13. The maximum Gasteiger partial charge on any atom is 0.270 e. The van der Waals surface area contributed by atoms with Crippen LogP contribution in [0.1, 0.15) is 68.8 Å². The first-order chi connectivity index (χ1) is 15.3. The van der Waals surface area contributed by atoms with Gasteiger partial charge in [-0.1, -0.05) is 20.8 Å². The zero-order valence-electron chi connectivity index (χ0n) is 18.9. The minimum Gasteiger partial charge on any atom is -0.492 e. The highest BCUT2D eigenvalue weighted by atomic mass is 16.3. The summed E-state index contributed by atoms with van der Waals surface area (Å²) in [6, 6.07) is 0.307. The number of carbonyl (C=O) groups excluding carboxylic acids is 2. The number of carbonyl (C=O) groups is 2. The number of hydrogen-bond donors (Lipinski definition) is 2. The molecule has 2 aromatic rings. The first-order valence-electron chi connectivity index (χ1n) is 11.4. The lowest BCUT2D eigenvalue weighted by molar-refractivity contribution is -0.126. The van der Waals surface area contributed by atoms with Gasteiger partial charge in [0.05, 0.1) is 6.20 Å². The van der Waals surface area contributed by atoms with Crippen molar-refractivity contribution in [2.45, 2.75) is 71.5 Å². The Labute approximate surface area is 186 Å². The quantitative estimate of drug-likeness (QED) is 0.640. The summed E-state index contributed by atoms with van der Waals surface area (Å²) < 4.78 is 2.68. The smallest absolute Gasteiger partial charge is 0.270 e. The zero-order chi connectivity index (χ0) is 23.0. The number of rotatable bonds is 7. The van der Waals surface area contributed by atoms with Crippen LogP contribution in [0.25, 0.3) is 11.7 Å².